The Bertz CT molecular complexity index is 1350. The van der Waals surface area contributed by atoms with Gasteiger partial charge in [0.25, 0.3) is 5.91 Å². The molecule has 2 aliphatic carbocycles. The number of hydrogen-bond acceptors (Lipinski definition) is 6. The van der Waals surface area contributed by atoms with Crippen LogP contribution in [-0.4, -0.2) is 71.1 Å². The zero-order chi connectivity index (χ0) is 35.9. The molecule has 49 heavy (non-hydrogen) atoms. The Hall–Kier alpha value is -3.96. The lowest BCUT2D eigenvalue weighted by Crippen LogP contribution is -2.61. The quantitative estimate of drug-likeness (QED) is 0.188. The largest absolute Gasteiger partial charge is 0.363 e. The second-order valence-electron chi connectivity index (χ2n) is 15.7. The van der Waals surface area contributed by atoms with E-state index in [2.05, 4.69) is 21.3 Å². The number of ketones is 1. The number of primary amides is 1. The van der Waals surface area contributed by atoms with Gasteiger partial charge in [-0.05, 0) is 60.3 Å². The first-order valence-electron chi connectivity index (χ1n) is 18.0. The predicted molar refractivity (Wildman–Crippen MR) is 185 cm³/mol. The Balaban J connectivity index is 1.50. The molecule has 4 rings (SSSR count). The Morgan fingerprint density at radius 2 is 1.53 bits per heavy atom. The van der Waals surface area contributed by atoms with Gasteiger partial charge in [-0.3, -0.25) is 24.0 Å². The van der Waals surface area contributed by atoms with Gasteiger partial charge in [-0.15, -0.1) is 0 Å². The number of carbonyl (C=O) groups is 6. The number of Topliss-reactive ketones (excluding diaryl/α,β-unsaturated/α-hetero) is 1. The van der Waals surface area contributed by atoms with E-state index in [1.165, 1.54) is 4.90 Å². The molecule has 12 nitrogen and oxygen atoms in total. The van der Waals surface area contributed by atoms with Crippen LogP contribution in [0.4, 0.5) is 4.79 Å². The Kier molecular flexibility index (Phi) is 12.8. The van der Waals surface area contributed by atoms with Crippen molar-refractivity contribution in [3.63, 3.8) is 0 Å². The van der Waals surface area contributed by atoms with Crippen molar-refractivity contribution >= 4 is 35.4 Å². The van der Waals surface area contributed by atoms with Crippen LogP contribution in [0.15, 0.2) is 30.3 Å². The first-order chi connectivity index (χ1) is 23.1. The fourth-order valence-electron chi connectivity index (χ4n) is 7.29. The summed E-state index contributed by atoms with van der Waals surface area (Å²) in [7, 11) is 0. The van der Waals surface area contributed by atoms with E-state index in [1.807, 2.05) is 65.0 Å². The third-order valence-corrected chi connectivity index (χ3v) is 10.7. The lowest BCUT2D eigenvalue weighted by atomic mass is 9.80. The van der Waals surface area contributed by atoms with Crippen LogP contribution in [0.2, 0.25) is 0 Å². The molecule has 0 aromatic heterocycles. The molecular weight excluding hydrogens is 624 g/mol. The first-order valence-corrected chi connectivity index (χ1v) is 18.0. The summed E-state index contributed by atoms with van der Waals surface area (Å²) in [6, 6.07) is 5.18. The van der Waals surface area contributed by atoms with E-state index in [0.29, 0.717) is 25.9 Å². The second-order valence-corrected chi connectivity index (χ2v) is 15.7. The standard InChI is InChI=1S/C37H56N6O6/c1-22(2)26-19-28(33(46)40-27(30(44)32(38)45)18-23-14-11-15-23)43(21-26)35(48)31(37(3,4)5)42-36(49)41-29(25-16-9-10-17-25)34(47)39-20-24-12-7-6-8-13-24/h6-8,12-13,22-23,25-29,31H,9-11,14-21H2,1-5H3,(H2,38,45)(H,39,47)(H,40,46)(H2,41,42,49)/t26-,27?,28+,29+,31-/m1/s1. The highest BCUT2D eigenvalue weighted by Gasteiger charge is 2.46. The third-order valence-electron chi connectivity index (χ3n) is 10.7. The summed E-state index contributed by atoms with van der Waals surface area (Å²) in [5, 5.41) is 11.5. The molecule has 0 spiro atoms. The van der Waals surface area contributed by atoms with Crippen molar-refractivity contribution in [2.75, 3.05) is 6.54 Å². The van der Waals surface area contributed by atoms with Gasteiger partial charge in [-0.25, -0.2) is 4.79 Å². The molecule has 3 fully saturated rings. The van der Waals surface area contributed by atoms with Crippen molar-refractivity contribution < 1.29 is 28.8 Å². The van der Waals surface area contributed by atoms with Gasteiger partial charge >= 0.3 is 6.03 Å². The monoisotopic (exact) mass is 680 g/mol. The van der Waals surface area contributed by atoms with E-state index in [-0.39, 0.29) is 29.6 Å². The molecule has 270 valence electrons. The molecule has 2 saturated carbocycles. The van der Waals surface area contributed by atoms with Gasteiger partial charge in [0, 0.05) is 13.1 Å². The molecule has 1 heterocycles. The Morgan fingerprint density at radius 1 is 0.878 bits per heavy atom. The number of urea groups is 1. The highest BCUT2D eigenvalue weighted by Crippen LogP contribution is 2.34. The van der Waals surface area contributed by atoms with Crippen LogP contribution in [0.3, 0.4) is 0 Å². The lowest BCUT2D eigenvalue weighted by molar-refractivity contribution is -0.143. The van der Waals surface area contributed by atoms with Gasteiger partial charge < -0.3 is 31.9 Å². The Labute approximate surface area is 290 Å². The average Bonchev–Trinajstić information content (AvgIpc) is 3.73. The van der Waals surface area contributed by atoms with Crippen molar-refractivity contribution in [1.82, 2.24) is 26.2 Å². The summed E-state index contributed by atoms with van der Waals surface area (Å²) in [5.74, 6) is -2.79. The number of nitrogens with two attached hydrogens (primary N) is 1. The number of nitrogens with one attached hydrogen (secondary N) is 4. The van der Waals surface area contributed by atoms with Crippen LogP contribution in [0.5, 0.6) is 0 Å². The summed E-state index contributed by atoms with van der Waals surface area (Å²) in [5.41, 5.74) is 5.53. The van der Waals surface area contributed by atoms with Crippen molar-refractivity contribution in [3.05, 3.63) is 35.9 Å². The summed E-state index contributed by atoms with van der Waals surface area (Å²) < 4.78 is 0. The van der Waals surface area contributed by atoms with E-state index >= 15 is 0 Å². The summed E-state index contributed by atoms with van der Waals surface area (Å²) in [6.07, 6.45) is 7.14. The van der Waals surface area contributed by atoms with Crippen LogP contribution in [-0.2, 0) is 30.5 Å². The molecule has 5 atom stereocenters. The van der Waals surface area contributed by atoms with Gasteiger partial charge in [0.2, 0.25) is 23.5 Å². The lowest BCUT2D eigenvalue weighted by Gasteiger charge is -2.36. The number of likely N-dealkylation sites (tertiary alicyclic amines) is 1. The molecule has 1 aromatic rings. The molecular formula is C37H56N6O6. The molecule has 1 saturated heterocycles. The molecule has 3 aliphatic rings. The van der Waals surface area contributed by atoms with E-state index in [4.69, 9.17) is 5.73 Å². The predicted octanol–water partition coefficient (Wildman–Crippen LogP) is 3.18. The molecule has 1 aliphatic heterocycles. The van der Waals surface area contributed by atoms with Crippen molar-refractivity contribution in [3.8, 4) is 0 Å². The fraction of sp³-hybridized carbons (Fsp3) is 0.676. The number of rotatable bonds is 14. The topological polar surface area (TPSA) is 180 Å². The third kappa shape index (κ3) is 10.0. The van der Waals surface area contributed by atoms with Crippen molar-refractivity contribution in [2.45, 2.75) is 123 Å². The van der Waals surface area contributed by atoms with Gasteiger partial charge in [0.15, 0.2) is 0 Å². The van der Waals surface area contributed by atoms with E-state index < -0.39 is 59.1 Å². The summed E-state index contributed by atoms with van der Waals surface area (Å²) >= 11 is 0. The van der Waals surface area contributed by atoms with Crippen LogP contribution in [0.1, 0.15) is 98.0 Å². The van der Waals surface area contributed by atoms with Crippen LogP contribution >= 0.6 is 0 Å². The van der Waals surface area contributed by atoms with Crippen molar-refractivity contribution in [2.24, 2.45) is 34.8 Å². The maximum atomic E-state index is 14.4. The Morgan fingerprint density at radius 3 is 2.08 bits per heavy atom. The van der Waals surface area contributed by atoms with E-state index in [1.54, 1.807) is 0 Å². The summed E-state index contributed by atoms with van der Waals surface area (Å²) in [6.45, 7) is 10.2. The zero-order valence-electron chi connectivity index (χ0n) is 29.8. The van der Waals surface area contributed by atoms with Crippen LogP contribution in [0, 0.1) is 29.1 Å². The minimum absolute atomic E-state index is 0.00567. The molecule has 6 amide bonds. The van der Waals surface area contributed by atoms with Crippen LogP contribution < -0.4 is 27.0 Å². The van der Waals surface area contributed by atoms with Gasteiger partial charge in [0.1, 0.15) is 18.1 Å². The second kappa shape index (κ2) is 16.6. The molecule has 0 bridgehead atoms. The highest BCUT2D eigenvalue weighted by molar-refractivity contribution is 6.37. The SMILES string of the molecule is CC(C)[C@@H]1C[C@@H](C(=O)NC(CC2CCC2)C(=O)C(N)=O)N(C(=O)[C@@H](NC(=O)N[C@H](C(=O)NCc2ccccc2)C2CCCC2)C(C)(C)C)C1. The molecule has 0 radical (unpaired) electrons. The minimum atomic E-state index is -1.10. The summed E-state index contributed by atoms with van der Waals surface area (Å²) in [4.78, 5) is 81.3. The highest BCUT2D eigenvalue weighted by atomic mass is 16.2. The van der Waals surface area contributed by atoms with E-state index in [9.17, 15) is 28.8 Å². The number of nitrogens with zero attached hydrogens (tertiary/aromatic N) is 1. The maximum absolute atomic E-state index is 14.4. The molecule has 12 heteroatoms. The number of amides is 6. The molecule has 6 N–H and O–H groups in total. The normalized spacial score (nSPS) is 21.7. The number of benzene rings is 1. The van der Waals surface area contributed by atoms with Gasteiger partial charge in [0.05, 0.1) is 6.04 Å². The molecule has 1 unspecified atom stereocenters. The van der Waals surface area contributed by atoms with Gasteiger partial charge in [-0.1, -0.05) is 97.1 Å². The average molecular weight is 681 g/mol. The van der Waals surface area contributed by atoms with Crippen molar-refractivity contribution in [1.29, 1.82) is 0 Å². The number of hydrogen-bond donors (Lipinski definition) is 5. The van der Waals surface area contributed by atoms with Gasteiger partial charge in [-0.2, -0.15) is 0 Å². The van der Waals surface area contributed by atoms with E-state index in [0.717, 1.165) is 50.5 Å². The zero-order valence-corrected chi connectivity index (χ0v) is 29.8. The molecule has 1 aromatic carbocycles. The smallest absolute Gasteiger partial charge is 0.316 e. The fourth-order valence-corrected chi connectivity index (χ4v) is 7.29. The van der Waals surface area contributed by atoms with Crippen LogP contribution in [0.25, 0.3) is 0 Å². The number of carbonyl (C=O) groups excluding carboxylic acids is 6. The first kappa shape index (κ1) is 37.9. The minimum Gasteiger partial charge on any atom is -0.363 e. The maximum Gasteiger partial charge on any atom is 0.316 e.